The lowest BCUT2D eigenvalue weighted by Crippen LogP contribution is -2.12. The van der Waals surface area contributed by atoms with Crippen molar-refractivity contribution in [2.24, 2.45) is 0 Å². The van der Waals surface area contributed by atoms with Gasteiger partial charge in [0, 0.05) is 18.4 Å². The van der Waals surface area contributed by atoms with Crippen LogP contribution in [0.4, 0.5) is 0 Å². The van der Waals surface area contributed by atoms with E-state index in [0.29, 0.717) is 5.02 Å². The Bertz CT molecular complexity index is 511. The summed E-state index contributed by atoms with van der Waals surface area (Å²) in [5.41, 5.74) is 1.90. The fraction of sp³-hybridized carbons (Fsp3) is 0.333. The van der Waals surface area contributed by atoms with Gasteiger partial charge in [0.2, 0.25) is 0 Å². The number of aromatic nitrogens is 2. The Labute approximate surface area is 99.9 Å². The van der Waals surface area contributed by atoms with Crippen LogP contribution in [0, 0.1) is 6.92 Å². The van der Waals surface area contributed by atoms with Crippen LogP contribution in [0.5, 0.6) is 0 Å². The van der Waals surface area contributed by atoms with Crippen LogP contribution in [0.2, 0.25) is 5.02 Å². The quantitative estimate of drug-likeness (QED) is 0.888. The van der Waals surface area contributed by atoms with E-state index in [1.165, 1.54) is 0 Å². The zero-order valence-corrected chi connectivity index (χ0v) is 10.2. The van der Waals surface area contributed by atoms with E-state index in [4.69, 9.17) is 11.6 Å². The van der Waals surface area contributed by atoms with Gasteiger partial charge in [-0.3, -0.25) is 0 Å². The van der Waals surface area contributed by atoms with Gasteiger partial charge in [-0.1, -0.05) is 23.7 Å². The molecule has 0 spiro atoms. The molecule has 4 heteroatoms. The first kappa shape index (κ1) is 11.3. The van der Waals surface area contributed by atoms with Gasteiger partial charge in [-0.2, -0.15) is 0 Å². The molecule has 0 amide bonds. The monoisotopic (exact) mass is 235 g/mol. The van der Waals surface area contributed by atoms with Crippen molar-refractivity contribution in [1.29, 1.82) is 0 Å². The van der Waals surface area contributed by atoms with E-state index >= 15 is 0 Å². The molecule has 0 unspecified atom stereocenters. The highest BCUT2D eigenvalue weighted by atomic mass is 35.5. The van der Waals surface area contributed by atoms with Crippen LogP contribution in [0.3, 0.4) is 0 Å². The van der Waals surface area contributed by atoms with Gasteiger partial charge in [0.15, 0.2) is 0 Å². The third-order valence-corrected chi connectivity index (χ3v) is 2.78. The number of hydrogen-bond donors (Lipinski definition) is 1. The summed E-state index contributed by atoms with van der Waals surface area (Å²) in [5.74, 6) is 0.770. The predicted molar refractivity (Wildman–Crippen MR) is 66.9 cm³/mol. The molecule has 1 aromatic heterocycles. The lowest BCUT2D eigenvalue weighted by molar-refractivity contribution is 0.775. The van der Waals surface area contributed by atoms with Crippen LogP contribution >= 0.6 is 11.6 Å². The number of hydrogen-bond acceptors (Lipinski definition) is 3. The van der Waals surface area contributed by atoms with Gasteiger partial charge in [0.1, 0.15) is 5.82 Å². The highest BCUT2D eigenvalue weighted by Crippen LogP contribution is 2.23. The number of nitrogens with one attached hydrogen (secondary N) is 1. The van der Waals surface area contributed by atoms with E-state index in [-0.39, 0.29) is 0 Å². The highest BCUT2D eigenvalue weighted by Gasteiger charge is 2.07. The van der Waals surface area contributed by atoms with Gasteiger partial charge in [0.25, 0.3) is 0 Å². The predicted octanol–water partition coefficient (Wildman–Crippen LogP) is 2.35. The summed E-state index contributed by atoms with van der Waals surface area (Å²) >= 11 is 6.13. The third kappa shape index (κ3) is 2.15. The Morgan fingerprint density at radius 3 is 2.88 bits per heavy atom. The zero-order chi connectivity index (χ0) is 11.5. The Morgan fingerprint density at radius 1 is 1.31 bits per heavy atom. The molecule has 16 heavy (non-hydrogen) atoms. The maximum absolute atomic E-state index is 6.13. The second-order valence-corrected chi connectivity index (χ2v) is 4.11. The number of aryl methyl sites for hydroxylation is 1. The molecule has 0 radical (unpaired) electrons. The van der Waals surface area contributed by atoms with Crippen molar-refractivity contribution in [3.05, 3.63) is 34.7 Å². The van der Waals surface area contributed by atoms with E-state index in [2.05, 4.69) is 15.3 Å². The van der Waals surface area contributed by atoms with Crippen LogP contribution in [0.25, 0.3) is 10.9 Å². The number of halogens is 1. The van der Waals surface area contributed by atoms with Crippen LogP contribution in [-0.4, -0.2) is 23.6 Å². The molecule has 0 aliphatic heterocycles. The molecule has 0 fully saturated rings. The van der Waals surface area contributed by atoms with E-state index in [9.17, 15) is 0 Å². The zero-order valence-electron chi connectivity index (χ0n) is 9.42. The summed E-state index contributed by atoms with van der Waals surface area (Å²) in [6.45, 7) is 2.80. The molecular weight excluding hydrogens is 222 g/mol. The molecule has 2 rings (SSSR count). The minimum Gasteiger partial charge on any atom is -0.319 e. The average Bonchev–Trinajstić information content (AvgIpc) is 2.27. The number of likely N-dealkylation sites (N-methyl/N-ethyl adjacent to an activating group) is 1. The smallest absolute Gasteiger partial charge is 0.126 e. The minimum atomic E-state index is 0.689. The number of benzene rings is 1. The molecule has 0 atom stereocenters. The standard InChI is InChI=1S/C12H14ClN3/c1-8-15-11(6-7-14-2)9-4-3-5-10(13)12(9)16-8/h3-5,14H,6-7H2,1-2H3. The molecule has 0 aliphatic rings. The third-order valence-electron chi connectivity index (χ3n) is 2.48. The summed E-state index contributed by atoms with van der Waals surface area (Å²) in [5, 5.41) is 4.86. The summed E-state index contributed by atoms with van der Waals surface area (Å²) in [7, 11) is 1.93. The fourth-order valence-electron chi connectivity index (χ4n) is 1.74. The van der Waals surface area contributed by atoms with Crippen molar-refractivity contribution >= 4 is 22.5 Å². The van der Waals surface area contributed by atoms with Crippen molar-refractivity contribution in [2.75, 3.05) is 13.6 Å². The van der Waals surface area contributed by atoms with Gasteiger partial charge >= 0.3 is 0 Å². The van der Waals surface area contributed by atoms with Crippen molar-refractivity contribution < 1.29 is 0 Å². The molecule has 0 bridgehead atoms. The van der Waals surface area contributed by atoms with Gasteiger partial charge in [-0.25, -0.2) is 9.97 Å². The topological polar surface area (TPSA) is 37.8 Å². The average molecular weight is 236 g/mol. The summed E-state index contributed by atoms with van der Waals surface area (Å²) in [4.78, 5) is 8.85. The summed E-state index contributed by atoms with van der Waals surface area (Å²) in [6, 6.07) is 5.82. The molecular formula is C12H14ClN3. The molecule has 3 nitrogen and oxygen atoms in total. The molecule has 0 saturated carbocycles. The lowest BCUT2D eigenvalue weighted by Gasteiger charge is -2.07. The van der Waals surface area contributed by atoms with E-state index in [0.717, 1.165) is 35.4 Å². The first-order valence-electron chi connectivity index (χ1n) is 5.28. The SMILES string of the molecule is CNCCc1nc(C)nc2c(Cl)cccc12. The Hall–Kier alpha value is -1.19. The fourth-order valence-corrected chi connectivity index (χ4v) is 1.95. The van der Waals surface area contributed by atoms with Gasteiger partial charge in [0.05, 0.1) is 16.2 Å². The molecule has 0 saturated heterocycles. The number of nitrogens with zero attached hydrogens (tertiary/aromatic N) is 2. The van der Waals surface area contributed by atoms with Crippen molar-refractivity contribution in [2.45, 2.75) is 13.3 Å². The molecule has 1 aromatic carbocycles. The van der Waals surface area contributed by atoms with Crippen molar-refractivity contribution in [1.82, 2.24) is 15.3 Å². The largest absolute Gasteiger partial charge is 0.319 e. The molecule has 1 heterocycles. The Balaban J connectivity index is 2.59. The molecule has 84 valence electrons. The lowest BCUT2D eigenvalue weighted by atomic mass is 10.1. The van der Waals surface area contributed by atoms with Gasteiger partial charge < -0.3 is 5.32 Å². The normalized spacial score (nSPS) is 10.9. The minimum absolute atomic E-state index is 0.689. The summed E-state index contributed by atoms with van der Waals surface area (Å²) < 4.78 is 0. The number of para-hydroxylation sites is 1. The van der Waals surface area contributed by atoms with E-state index < -0.39 is 0 Å². The van der Waals surface area contributed by atoms with Gasteiger partial charge in [-0.15, -0.1) is 0 Å². The van der Waals surface area contributed by atoms with Crippen LogP contribution < -0.4 is 5.32 Å². The second kappa shape index (κ2) is 4.76. The van der Waals surface area contributed by atoms with Gasteiger partial charge in [-0.05, 0) is 20.0 Å². The molecule has 0 aliphatic carbocycles. The number of rotatable bonds is 3. The number of fused-ring (bicyclic) bond motifs is 1. The second-order valence-electron chi connectivity index (χ2n) is 3.71. The van der Waals surface area contributed by atoms with E-state index in [1.54, 1.807) is 0 Å². The van der Waals surface area contributed by atoms with Crippen LogP contribution in [0.15, 0.2) is 18.2 Å². The highest BCUT2D eigenvalue weighted by molar-refractivity contribution is 6.35. The molecule has 1 N–H and O–H groups in total. The first-order valence-corrected chi connectivity index (χ1v) is 5.66. The Morgan fingerprint density at radius 2 is 2.12 bits per heavy atom. The summed E-state index contributed by atoms with van der Waals surface area (Å²) in [6.07, 6.45) is 0.886. The van der Waals surface area contributed by atoms with Crippen LogP contribution in [0.1, 0.15) is 11.5 Å². The van der Waals surface area contributed by atoms with Crippen molar-refractivity contribution in [3.63, 3.8) is 0 Å². The van der Waals surface area contributed by atoms with Crippen LogP contribution in [-0.2, 0) is 6.42 Å². The maximum atomic E-state index is 6.13. The van der Waals surface area contributed by atoms with Crippen molar-refractivity contribution in [3.8, 4) is 0 Å². The van der Waals surface area contributed by atoms with E-state index in [1.807, 2.05) is 32.2 Å². The first-order chi connectivity index (χ1) is 7.72. The molecule has 2 aromatic rings. The Kier molecular flexibility index (Phi) is 3.36. The maximum Gasteiger partial charge on any atom is 0.126 e.